The van der Waals surface area contributed by atoms with Gasteiger partial charge in [0, 0.05) is 23.3 Å². The van der Waals surface area contributed by atoms with Crippen LogP contribution in [-0.2, 0) is 7.05 Å². The van der Waals surface area contributed by atoms with E-state index in [1.807, 2.05) is 43.6 Å². The predicted octanol–water partition coefficient (Wildman–Crippen LogP) is 2.85. The zero-order chi connectivity index (χ0) is 9.26. The zero-order valence-corrected chi connectivity index (χ0v) is 8.82. The highest BCUT2D eigenvalue weighted by Crippen LogP contribution is 2.19. The molecule has 66 valence electrons. The van der Waals surface area contributed by atoms with Gasteiger partial charge in [0.1, 0.15) is 0 Å². The summed E-state index contributed by atoms with van der Waals surface area (Å²) in [6, 6.07) is 10.1. The normalized spacial score (nSPS) is 10.3. The standard InChI is InChI=1S/C10H9BrN2/c1-13-7-6-10(12-13)8-2-4-9(11)5-3-8/h2-7H,1H3. The minimum Gasteiger partial charge on any atom is -0.275 e. The van der Waals surface area contributed by atoms with Crippen LogP contribution in [0.4, 0.5) is 0 Å². The van der Waals surface area contributed by atoms with Gasteiger partial charge in [-0.05, 0) is 18.2 Å². The van der Waals surface area contributed by atoms with E-state index in [0.29, 0.717) is 0 Å². The lowest BCUT2D eigenvalue weighted by Crippen LogP contribution is -1.87. The molecule has 2 rings (SSSR count). The van der Waals surface area contributed by atoms with Gasteiger partial charge >= 0.3 is 0 Å². The van der Waals surface area contributed by atoms with Crippen molar-refractivity contribution >= 4 is 15.9 Å². The van der Waals surface area contributed by atoms with Crippen LogP contribution in [0.3, 0.4) is 0 Å². The van der Waals surface area contributed by atoms with Crippen LogP contribution in [0.5, 0.6) is 0 Å². The second-order valence-corrected chi connectivity index (χ2v) is 3.80. The third-order valence-electron chi connectivity index (χ3n) is 1.85. The van der Waals surface area contributed by atoms with Crippen molar-refractivity contribution in [3.05, 3.63) is 41.0 Å². The van der Waals surface area contributed by atoms with Gasteiger partial charge in [0.05, 0.1) is 5.69 Å². The van der Waals surface area contributed by atoms with Crippen molar-refractivity contribution in [1.29, 1.82) is 0 Å². The largest absolute Gasteiger partial charge is 0.275 e. The molecule has 2 aromatic rings. The monoisotopic (exact) mass is 236 g/mol. The summed E-state index contributed by atoms with van der Waals surface area (Å²) < 4.78 is 2.89. The first-order valence-electron chi connectivity index (χ1n) is 4.01. The maximum atomic E-state index is 4.31. The van der Waals surface area contributed by atoms with E-state index in [2.05, 4.69) is 21.0 Å². The summed E-state index contributed by atoms with van der Waals surface area (Å²) in [4.78, 5) is 0. The summed E-state index contributed by atoms with van der Waals surface area (Å²) in [6.07, 6.45) is 1.94. The van der Waals surface area contributed by atoms with Crippen LogP contribution in [0.2, 0.25) is 0 Å². The van der Waals surface area contributed by atoms with Gasteiger partial charge in [0.2, 0.25) is 0 Å². The Bertz CT molecular complexity index is 403. The van der Waals surface area contributed by atoms with Crippen molar-refractivity contribution in [1.82, 2.24) is 9.78 Å². The molecule has 0 fully saturated rings. The molecule has 0 bridgehead atoms. The molecule has 0 spiro atoms. The highest BCUT2D eigenvalue weighted by molar-refractivity contribution is 9.10. The second kappa shape index (κ2) is 3.34. The van der Waals surface area contributed by atoms with Gasteiger partial charge in [-0.25, -0.2) is 0 Å². The fourth-order valence-electron chi connectivity index (χ4n) is 1.19. The maximum Gasteiger partial charge on any atom is 0.0923 e. The Hall–Kier alpha value is -1.09. The molecule has 0 saturated carbocycles. The third kappa shape index (κ3) is 1.80. The van der Waals surface area contributed by atoms with E-state index in [9.17, 15) is 0 Å². The molecule has 13 heavy (non-hydrogen) atoms. The first kappa shape index (κ1) is 8.51. The van der Waals surface area contributed by atoms with Crippen LogP contribution in [0.1, 0.15) is 0 Å². The van der Waals surface area contributed by atoms with Crippen LogP contribution in [-0.4, -0.2) is 9.78 Å². The van der Waals surface area contributed by atoms with Gasteiger partial charge < -0.3 is 0 Å². The summed E-state index contributed by atoms with van der Waals surface area (Å²) in [7, 11) is 1.92. The smallest absolute Gasteiger partial charge is 0.0923 e. The van der Waals surface area contributed by atoms with E-state index in [4.69, 9.17) is 0 Å². The highest BCUT2D eigenvalue weighted by atomic mass is 79.9. The molecule has 0 amide bonds. The van der Waals surface area contributed by atoms with Crippen LogP contribution < -0.4 is 0 Å². The molecule has 0 N–H and O–H groups in total. The van der Waals surface area contributed by atoms with E-state index in [1.54, 1.807) is 4.68 Å². The average Bonchev–Trinajstić information content (AvgIpc) is 2.53. The summed E-state index contributed by atoms with van der Waals surface area (Å²) in [5.74, 6) is 0. The number of halogens is 1. The molecular formula is C10H9BrN2. The van der Waals surface area contributed by atoms with Crippen molar-refractivity contribution in [2.75, 3.05) is 0 Å². The van der Waals surface area contributed by atoms with Crippen molar-refractivity contribution in [3.63, 3.8) is 0 Å². The van der Waals surface area contributed by atoms with Crippen LogP contribution in [0, 0.1) is 0 Å². The molecule has 0 radical (unpaired) electrons. The molecular weight excluding hydrogens is 228 g/mol. The van der Waals surface area contributed by atoms with Gasteiger partial charge in [-0.15, -0.1) is 0 Å². The molecule has 3 heteroatoms. The summed E-state index contributed by atoms with van der Waals surface area (Å²) in [5.41, 5.74) is 2.15. The first-order chi connectivity index (χ1) is 6.25. The fourth-order valence-corrected chi connectivity index (χ4v) is 1.45. The zero-order valence-electron chi connectivity index (χ0n) is 7.24. The quantitative estimate of drug-likeness (QED) is 0.745. The molecule has 0 saturated heterocycles. The third-order valence-corrected chi connectivity index (χ3v) is 2.38. The van der Waals surface area contributed by atoms with Crippen molar-refractivity contribution in [3.8, 4) is 11.3 Å². The summed E-state index contributed by atoms with van der Waals surface area (Å²) >= 11 is 3.40. The highest BCUT2D eigenvalue weighted by Gasteiger charge is 1.99. The Morgan fingerprint density at radius 1 is 1.15 bits per heavy atom. The Labute approximate surface area is 85.3 Å². The number of hydrogen-bond donors (Lipinski definition) is 0. The predicted molar refractivity (Wildman–Crippen MR) is 56.3 cm³/mol. The summed E-state index contributed by atoms with van der Waals surface area (Å²) in [6.45, 7) is 0. The first-order valence-corrected chi connectivity index (χ1v) is 4.80. The summed E-state index contributed by atoms with van der Waals surface area (Å²) in [5, 5.41) is 4.31. The molecule has 1 aromatic heterocycles. The molecule has 0 atom stereocenters. The maximum absolute atomic E-state index is 4.31. The molecule has 0 aliphatic heterocycles. The number of nitrogens with zero attached hydrogens (tertiary/aromatic N) is 2. The topological polar surface area (TPSA) is 17.8 Å². The van der Waals surface area contributed by atoms with Gasteiger partial charge in [-0.2, -0.15) is 5.10 Å². The van der Waals surface area contributed by atoms with E-state index >= 15 is 0 Å². The Balaban J connectivity index is 2.41. The van der Waals surface area contributed by atoms with Gasteiger partial charge in [0.15, 0.2) is 0 Å². The second-order valence-electron chi connectivity index (χ2n) is 2.88. The number of aryl methyl sites for hydroxylation is 1. The minimum absolute atomic E-state index is 1.01. The average molecular weight is 237 g/mol. The fraction of sp³-hybridized carbons (Fsp3) is 0.100. The van der Waals surface area contributed by atoms with E-state index in [-0.39, 0.29) is 0 Å². The van der Waals surface area contributed by atoms with Gasteiger partial charge in [-0.1, -0.05) is 28.1 Å². The van der Waals surface area contributed by atoms with E-state index < -0.39 is 0 Å². The Kier molecular flexibility index (Phi) is 2.19. The Morgan fingerprint density at radius 2 is 1.85 bits per heavy atom. The van der Waals surface area contributed by atoms with Gasteiger partial charge in [-0.3, -0.25) is 4.68 Å². The van der Waals surface area contributed by atoms with Crippen molar-refractivity contribution in [2.24, 2.45) is 7.05 Å². The minimum atomic E-state index is 1.01. The molecule has 0 aliphatic carbocycles. The van der Waals surface area contributed by atoms with Crippen molar-refractivity contribution in [2.45, 2.75) is 0 Å². The van der Waals surface area contributed by atoms with E-state index in [1.165, 1.54) is 0 Å². The Morgan fingerprint density at radius 3 is 2.38 bits per heavy atom. The number of aromatic nitrogens is 2. The van der Waals surface area contributed by atoms with E-state index in [0.717, 1.165) is 15.7 Å². The lowest BCUT2D eigenvalue weighted by molar-refractivity contribution is 0.771. The molecule has 0 aliphatic rings. The lowest BCUT2D eigenvalue weighted by atomic mass is 10.2. The van der Waals surface area contributed by atoms with Crippen molar-refractivity contribution < 1.29 is 0 Å². The van der Waals surface area contributed by atoms with Gasteiger partial charge in [0.25, 0.3) is 0 Å². The lowest BCUT2D eigenvalue weighted by Gasteiger charge is -1.95. The molecule has 2 nitrogen and oxygen atoms in total. The van der Waals surface area contributed by atoms with Crippen LogP contribution in [0.25, 0.3) is 11.3 Å². The molecule has 0 unspecified atom stereocenters. The molecule has 1 aromatic carbocycles. The number of rotatable bonds is 1. The SMILES string of the molecule is Cn1ccc(-c2ccc(Br)cc2)n1. The number of benzene rings is 1. The number of hydrogen-bond acceptors (Lipinski definition) is 1. The van der Waals surface area contributed by atoms with Crippen LogP contribution in [0.15, 0.2) is 41.0 Å². The molecule has 1 heterocycles. The van der Waals surface area contributed by atoms with Crippen LogP contribution >= 0.6 is 15.9 Å².